The Labute approximate surface area is 116 Å². The van der Waals surface area contributed by atoms with E-state index in [-0.39, 0.29) is 5.56 Å². The summed E-state index contributed by atoms with van der Waals surface area (Å²) in [5.74, 6) is -3.70. The van der Waals surface area contributed by atoms with E-state index in [4.69, 9.17) is 0 Å². The molecule has 0 aliphatic heterocycles. The highest BCUT2D eigenvalue weighted by atomic mass is 19.2. The predicted octanol–water partition coefficient (Wildman–Crippen LogP) is 4.00. The highest BCUT2D eigenvalue weighted by Gasteiger charge is 2.20. The maximum Gasteiger partial charge on any atom is 0.194 e. The average molecular weight is 279 g/mol. The van der Waals surface area contributed by atoms with Crippen molar-refractivity contribution in [1.29, 1.82) is 0 Å². The molecule has 2 aromatic rings. The molecular weight excluding hydrogens is 263 g/mol. The predicted molar refractivity (Wildman–Crippen MR) is 72.9 cm³/mol. The molecule has 1 N–H and O–H groups in total. The van der Waals surface area contributed by atoms with Gasteiger partial charge in [-0.25, -0.2) is 13.2 Å². The minimum atomic E-state index is -1.42. The Balaban J connectivity index is 2.31. The van der Waals surface area contributed by atoms with Gasteiger partial charge in [0.15, 0.2) is 17.5 Å². The summed E-state index contributed by atoms with van der Waals surface area (Å²) in [5, 5.41) is 3.11. The number of halogens is 3. The van der Waals surface area contributed by atoms with Crippen molar-refractivity contribution in [2.24, 2.45) is 0 Å². The van der Waals surface area contributed by atoms with Gasteiger partial charge in [-0.1, -0.05) is 43.3 Å². The summed E-state index contributed by atoms with van der Waals surface area (Å²) in [5.41, 5.74) is 1.15. The Morgan fingerprint density at radius 1 is 0.950 bits per heavy atom. The van der Waals surface area contributed by atoms with Crippen LogP contribution in [0.1, 0.15) is 24.1 Å². The molecule has 0 fully saturated rings. The van der Waals surface area contributed by atoms with Crippen molar-refractivity contribution in [2.45, 2.75) is 19.4 Å². The zero-order chi connectivity index (χ0) is 14.5. The molecule has 0 radical (unpaired) electrons. The van der Waals surface area contributed by atoms with Crippen molar-refractivity contribution in [3.8, 4) is 0 Å². The molecule has 20 heavy (non-hydrogen) atoms. The van der Waals surface area contributed by atoms with Crippen LogP contribution in [0.15, 0.2) is 42.5 Å². The Kier molecular flexibility index (Phi) is 4.79. The standard InChI is InChI=1S/C16H16F3N/c1-2-20-14(10-11-6-4-3-5-7-11)12-8-9-13(17)16(19)15(12)18/h3-9,14,20H,2,10H2,1H3. The number of nitrogens with one attached hydrogen (secondary N) is 1. The molecule has 0 aliphatic rings. The van der Waals surface area contributed by atoms with Crippen LogP contribution in [-0.4, -0.2) is 6.54 Å². The topological polar surface area (TPSA) is 12.0 Å². The van der Waals surface area contributed by atoms with Gasteiger partial charge in [0.1, 0.15) is 0 Å². The van der Waals surface area contributed by atoms with Crippen LogP contribution >= 0.6 is 0 Å². The molecular formula is C16H16F3N. The molecule has 1 unspecified atom stereocenters. The van der Waals surface area contributed by atoms with Crippen LogP contribution in [0.5, 0.6) is 0 Å². The maximum absolute atomic E-state index is 13.9. The van der Waals surface area contributed by atoms with E-state index in [1.54, 1.807) is 0 Å². The van der Waals surface area contributed by atoms with E-state index in [2.05, 4.69) is 5.32 Å². The number of rotatable bonds is 5. The molecule has 2 rings (SSSR count). The van der Waals surface area contributed by atoms with Crippen molar-refractivity contribution in [2.75, 3.05) is 6.54 Å². The highest BCUT2D eigenvalue weighted by molar-refractivity contribution is 5.26. The van der Waals surface area contributed by atoms with E-state index in [0.717, 1.165) is 11.6 Å². The van der Waals surface area contributed by atoms with Gasteiger partial charge < -0.3 is 5.32 Å². The fourth-order valence-corrected chi connectivity index (χ4v) is 2.20. The molecule has 2 aromatic carbocycles. The summed E-state index contributed by atoms with van der Waals surface area (Å²) in [4.78, 5) is 0. The summed E-state index contributed by atoms with van der Waals surface area (Å²) in [7, 11) is 0. The monoisotopic (exact) mass is 279 g/mol. The van der Waals surface area contributed by atoms with Crippen molar-refractivity contribution in [1.82, 2.24) is 5.32 Å². The molecule has 1 nitrogen and oxygen atoms in total. The molecule has 0 bridgehead atoms. The minimum Gasteiger partial charge on any atom is -0.310 e. The van der Waals surface area contributed by atoms with E-state index in [1.165, 1.54) is 6.07 Å². The van der Waals surface area contributed by atoms with Gasteiger partial charge >= 0.3 is 0 Å². The van der Waals surface area contributed by atoms with E-state index in [1.807, 2.05) is 37.3 Å². The summed E-state index contributed by atoms with van der Waals surface area (Å²) in [6.07, 6.45) is 0.511. The maximum atomic E-state index is 13.9. The van der Waals surface area contributed by atoms with Gasteiger partial charge in [-0.2, -0.15) is 0 Å². The van der Waals surface area contributed by atoms with Crippen molar-refractivity contribution >= 4 is 0 Å². The van der Waals surface area contributed by atoms with E-state index < -0.39 is 23.5 Å². The van der Waals surface area contributed by atoms with E-state index in [9.17, 15) is 13.2 Å². The largest absolute Gasteiger partial charge is 0.310 e. The second kappa shape index (κ2) is 6.57. The lowest BCUT2D eigenvalue weighted by Gasteiger charge is -2.19. The lowest BCUT2D eigenvalue weighted by Crippen LogP contribution is -2.24. The van der Waals surface area contributed by atoms with Gasteiger partial charge in [0.2, 0.25) is 0 Å². The zero-order valence-electron chi connectivity index (χ0n) is 11.2. The molecule has 106 valence electrons. The first-order valence-corrected chi connectivity index (χ1v) is 6.54. The average Bonchev–Trinajstić information content (AvgIpc) is 2.46. The molecule has 0 heterocycles. The number of likely N-dealkylation sites (N-methyl/N-ethyl adjacent to an activating group) is 1. The second-order valence-corrected chi connectivity index (χ2v) is 4.56. The van der Waals surface area contributed by atoms with Gasteiger partial charge in [0, 0.05) is 11.6 Å². The van der Waals surface area contributed by atoms with Crippen molar-refractivity contribution in [3.63, 3.8) is 0 Å². The highest BCUT2D eigenvalue weighted by Crippen LogP contribution is 2.24. The Morgan fingerprint density at radius 3 is 2.30 bits per heavy atom. The molecule has 0 aliphatic carbocycles. The number of hydrogen-bond acceptors (Lipinski definition) is 1. The molecule has 4 heteroatoms. The third kappa shape index (κ3) is 3.20. The summed E-state index contributed by atoms with van der Waals surface area (Å²) in [6.45, 7) is 2.49. The minimum absolute atomic E-state index is 0.148. The van der Waals surface area contributed by atoms with Gasteiger partial charge in [-0.05, 0) is 24.6 Å². The Morgan fingerprint density at radius 2 is 1.65 bits per heavy atom. The van der Waals surface area contributed by atoms with Gasteiger partial charge in [-0.15, -0.1) is 0 Å². The first kappa shape index (κ1) is 14.6. The molecule has 0 amide bonds. The van der Waals surface area contributed by atoms with Crippen LogP contribution in [0.4, 0.5) is 13.2 Å². The number of benzene rings is 2. The Hall–Kier alpha value is -1.81. The molecule has 0 saturated carbocycles. The smallest absolute Gasteiger partial charge is 0.194 e. The first-order chi connectivity index (χ1) is 9.63. The fraction of sp³-hybridized carbons (Fsp3) is 0.250. The van der Waals surface area contributed by atoms with Crippen LogP contribution < -0.4 is 5.32 Å². The second-order valence-electron chi connectivity index (χ2n) is 4.56. The van der Waals surface area contributed by atoms with Gasteiger partial charge in [-0.3, -0.25) is 0 Å². The van der Waals surface area contributed by atoms with Crippen molar-refractivity contribution < 1.29 is 13.2 Å². The van der Waals surface area contributed by atoms with Crippen molar-refractivity contribution in [3.05, 3.63) is 71.0 Å². The third-order valence-corrected chi connectivity index (χ3v) is 3.17. The summed E-state index contributed by atoms with van der Waals surface area (Å²) < 4.78 is 40.2. The molecule has 0 saturated heterocycles. The lowest BCUT2D eigenvalue weighted by molar-refractivity contribution is 0.425. The van der Waals surface area contributed by atoms with Crippen LogP contribution in [0, 0.1) is 17.5 Å². The lowest BCUT2D eigenvalue weighted by atomic mass is 9.98. The quantitative estimate of drug-likeness (QED) is 0.816. The Bertz CT molecular complexity index is 569. The van der Waals surface area contributed by atoms with Crippen LogP contribution in [-0.2, 0) is 6.42 Å². The SMILES string of the molecule is CCNC(Cc1ccccc1)c1ccc(F)c(F)c1F. The molecule has 0 spiro atoms. The van der Waals surface area contributed by atoms with Gasteiger partial charge in [0.25, 0.3) is 0 Å². The van der Waals surface area contributed by atoms with E-state index in [0.29, 0.717) is 13.0 Å². The zero-order valence-corrected chi connectivity index (χ0v) is 11.2. The van der Waals surface area contributed by atoms with Crippen LogP contribution in [0.2, 0.25) is 0 Å². The van der Waals surface area contributed by atoms with Crippen LogP contribution in [0.3, 0.4) is 0 Å². The third-order valence-electron chi connectivity index (χ3n) is 3.17. The first-order valence-electron chi connectivity index (χ1n) is 6.54. The fourth-order valence-electron chi connectivity index (χ4n) is 2.20. The van der Waals surface area contributed by atoms with Gasteiger partial charge in [0.05, 0.1) is 0 Å². The normalized spacial score (nSPS) is 12.4. The molecule has 1 atom stereocenters. The molecule has 0 aromatic heterocycles. The summed E-state index contributed by atoms with van der Waals surface area (Å²) in [6, 6.07) is 11.4. The number of hydrogen-bond donors (Lipinski definition) is 1. The van der Waals surface area contributed by atoms with Crippen LogP contribution in [0.25, 0.3) is 0 Å². The van der Waals surface area contributed by atoms with E-state index >= 15 is 0 Å². The summed E-state index contributed by atoms with van der Waals surface area (Å²) >= 11 is 0.